The van der Waals surface area contributed by atoms with Crippen LogP contribution in [0.2, 0.25) is 10.0 Å². The van der Waals surface area contributed by atoms with Gasteiger partial charge < -0.3 is 9.47 Å². The van der Waals surface area contributed by atoms with Crippen molar-refractivity contribution < 1.29 is 18.3 Å². The normalized spacial score (nSPS) is 11.4. The highest BCUT2D eigenvalue weighted by atomic mass is 35.5. The fraction of sp³-hybridized carbons (Fsp3) is 0.167. The highest BCUT2D eigenvalue weighted by Gasteiger charge is 2.16. The molecule has 29 heavy (non-hydrogen) atoms. The van der Waals surface area contributed by atoms with E-state index in [1.54, 1.807) is 36.4 Å². The zero-order valence-electron chi connectivity index (χ0n) is 14.9. The molecule has 0 fully saturated rings. The molecule has 1 aromatic heterocycles. The van der Waals surface area contributed by atoms with Crippen molar-refractivity contribution in [2.45, 2.75) is 13.0 Å². The second-order valence-corrected chi connectivity index (χ2v) is 6.91. The van der Waals surface area contributed by atoms with Crippen LogP contribution < -0.4 is 9.47 Å². The van der Waals surface area contributed by atoms with Crippen molar-refractivity contribution in [2.75, 3.05) is 7.11 Å². The molecule has 0 amide bonds. The molecule has 0 spiro atoms. The summed E-state index contributed by atoms with van der Waals surface area (Å²) in [6.45, 7) is 0.152. The van der Waals surface area contributed by atoms with Crippen molar-refractivity contribution in [3.8, 4) is 11.5 Å². The van der Waals surface area contributed by atoms with E-state index in [2.05, 4.69) is 15.3 Å². The average Bonchev–Trinajstić information content (AvgIpc) is 3.06. The number of alkyl halides is 2. The molecule has 3 aromatic rings. The lowest BCUT2D eigenvalue weighted by molar-refractivity contribution is 0.136. The van der Waals surface area contributed by atoms with Crippen LogP contribution in [0.25, 0.3) is 0 Å². The smallest absolute Gasteiger partial charge is 0.299 e. The van der Waals surface area contributed by atoms with Crippen LogP contribution in [-0.2, 0) is 6.61 Å². The molecule has 1 N–H and O–H groups in total. The lowest BCUT2D eigenvalue weighted by atomic mass is 10.1. The second-order valence-electron chi connectivity index (χ2n) is 5.68. The van der Waals surface area contributed by atoms with Gasteiger partial charge in [0.2, 0.25) is 10.6 Å². The minimum atomic E-state index is -2.82. The van der Waals surface area contributed by atoms with Gasteiger partial charge in [0.1, 0.15) is 18.1 Å². The van der Waals surface area contributed by atoms with Gasteiger partial charge in [-0.25, -0.2) is 13.9 Å². The first-order valence-corrected chi connectivity index (χ1v) is 9.30. The number of nitrogens with one attached hydrogen (secondary N) is 1. The van der Waals surface area contributed by atoms with Gasteiger partial charge in [0.05, 0.1) is 18.3 Å². The Kier molecular flexibility index (Phi) is 6.83. The Morgan fingerprint density at radius 2 is 2.00 bits per heavy atom. The van der Waals surface area contributed by atoms with Gasteiger partial charge in [0.15, 0.2) is 0 Å². The molecule has 0 unspecified atom stereocenters. The number of nitrogens with zero attached hydrogens (tertiary/aromatic N) is 3. The Labute approximate surface area is 179 Å². The monoisotopic (exact) mass is 458 g/mol. The molecule has 2 aromatic carbocycles. The van der Waals surface area contributed by atoms with Crippen molar-refractivity contribution in [1.29, 1.82) is 0 Å². The lowest BCUT2D eigenvalue weighted by Crippen LogP contribution is -2.02. The second kappa shape index (κ2) is 9.34. The van der Waals surface area contributed by atoms with Gasteiger partial charge in [-0.3, -0.25) is 0 Å². The number of aromatic amines is 1. The third-order valence-corrected chi connectivity index (χ3v) is 4.57. The van der Waals surface area contributed by atoms with Crippen LogP contribution in [0.3, 0.4) is 0 Å². The number of hydrogen-bond donors (Lipinski definition) is 1. The Morgan fingerprint density at radius 3 is 2.69 bits per heavy atom. The first-order chi connectivity index (χ1) is 13.9. The summed E-state index contributed by atoms with van der Waals surface area (Å²) in [6, 6.07) is 10.1. The zero-order chi connectivity index (χ0) is 21.0. The fourth-order valence-electron chi connectivity index (χ4n) is 2.42. The maximum absolute atomic E-state index is 13.0. The van der Waals surface area contributed by atoms with Crippen molar-refractivity contribution >= 4 is 41.6 Å². The van der Waals surface area contributed by atoms with Crippen LogP contribution in [0.15, 0.2) is 41.5 Å². The lowest BCUT2D eigenvalue weighted by Gasteiger charge is -2.12. The van der Waals surface area contributed by atoms with Gasteiger partial charge in [-0.15, -0.1) is 0 Å². The SMILES string of the molecule is COc1ccc(C=Nn2c(C(F)F)n[nH]c2=S)cc1COc1ccc(Cl)cc1Cl. The van der Waals surface area contributed by atoms with Crippen LogP contribution in [-0.4, -0.2) is 28.2 Å². The highest BCUT2D eigenvalue weighted by Crippen LogP contribution is 2.29. The van der Waals surface area contributed by atoms with E-state index in [1.165, 1.54) is 13.3 Å². The maximum atomic E-state index is 13.0. The quantitative estimate of drug-likeness (QED) is 0.366. The third kappa shape index (κ3) is 5.11. The number of ether oxygens (including phenoxy) is 2. The molecule has 0 radical (unpaired) electrons. The van der Waals surface area contributed by atoms with E-state index < -0.39 is 12.2 Å². The first-order valence-electron chi connectivity index (χ1n) is 8.13. The van der Waals surface area contributed by atoms with Crippen LogP contribution in [0.5, 0.6) is 11.5 Å². The predicted octanol–water partition coefficient (Wildman–Crippen LogP) is 5.65. The predicted molar refractivity (Wildman–Crippen MR) is 109 cm³/mol. The summed E-state index contributed by atoms with van der Waals surface area (Å²) >= 11 is 16.9. The number of hydrogen-bond acceptors (Lipinski definition) is 5. The van der Waals surface area contributed by atoms with Gasteiger partial charge in [-0.1, -0.05) is 23.2 Å². The van der Waals surface area contributed by atoms with Gasteiger partial charge in [-0.2, -0.15) is 14.9 Å². The van der Waals surface area contributed by atoms with Gasteiger partial charge >= 0.3 is 0 Å². The molecule has 0 aliphatic heterocycles. The van der Waals surface area contributed by atoms with Gasteiger partial charge in [0, 0.05) is 10.6 Å². The minimum Gasteiger partial charge on any atom is -0.496 e. The van der Waals surface area contributed by atoms with Gasteiger partial charge in [0.25, 0.3) is 6.43 Å². The third-order valence-electron chi connectivity index (χ3n) is 3.77. The summed E-state index contributed by atoms with van der Waals surface area (Å²) in [7, 11) is 1.53. The van der Waals surface area contributed by atoms with E-state index in [4.69, 9.17) is 44.9 Å². The van der Waals surface area contributed by atoms with Crippen molar-refractivity contribution in [3.05, 3.63) is 68.2 Å². The Balaban J connectivity index is 1.83. The van der Waals surface area contributed by atoms with E-state index in [0.29, 0.717) is 32.7 Å². The highest BCUT2D eigenvalue weighted by molar-refractivity contribution is 7.71. The van der Waals surface area contributed by atoms with E-state index in [0.717, 1.165) is 4.68 Å². The maximum Gasteiger partial charge on any atom is 0.299 e. The Bertz CT molecular complexity index is 1100. The molecular formula is C18H14Cl2F2N4O2S. The molecule has 1 heterocycles. The Morgan fingerprint density at radius 1 is 1.24 bits per heavy atom. The molecule has 3 rings (SSSR count). The molecular weight excluding hydrogens is 445 g/mol. The largest absolute Gasteiger partial charge is 0.496 e. The molecule has 11 heteroatoms. The molecule has 0 bridgehead atoms. The summed E-state index contributed by atoms with van der Waals surface area (Å²) in [4.78, 5) is 0. The summed E-state index contributed by atoms with van der Waals surface area (Å²) in [5, 5.41) is 10.6. The van der Waals surface area contributed by atoms with Crippen LogP contribution in [0, 0.1) is 4.77 Å². The number of H-pyrrole nitrogens is 1. The standard InChI is InChI=1S/C18H14Cl2F2N4O2S/c1-27-14-4-2-10(8-23-26-17(16(21)22)24-25-18(26)29)6-11(14)9-28-15-5-3-12(19)7-13(15)20/h2-8,16H,9H2,1H3,(H,25,29). The van der Waals surface area contributed by atoms with Crippen LogP contribution in [0.1, 0.15) is 23.4 Å². The molecule has 0 saturated heterocycles. The first kappa shape index (κ1) is 21.2. The number of aromatic nitrogens is 3. The minimum absolute atomic E-state index is 0.0361. The molecule has 6 nitrogen and oxygen atoms in total. The van der Waals surface area contributed by atoms with Crippen LogP contribution in [0.4, 0.5) is 8.78 Å². The summed E-state index contributed by atoms with van der Waals surface area (Å²) in [5.74, 6) is 0.476. The summed E-state index contributed by atoms with van der Waals surface area (Å²) in [6.07, 6.45) is -1.43. The topological polar surface area (TPSA) is 64.4 Å². The van der Waals surface area contributed by atoms with Crippen LogP contribution >= 0.6 is 35.4 Å². The van der Waals surface area contributed by atoms with E-state index >= 15 is 0 Å². The van der Waals surface area contributed by atoms with E-state index in [-0.39, 0.29) is 11.4 Å². The molecule has 0 aliphatic rings. The summed E-state index contributed by atoms with van der Waals surface area (Å²) < 4.78 is 37.9. The van der Waals surface area contributed by atoms with E-state index in [9.17, 15) is 8.78 Å². The zero-order valence-corrected chi connectivity index (χ0v) is 17.2. The molecule has 0 saturated carbocycles. The average molecular weight is 459 g/mol. The molecule has 152 valence electrons. The van der Waals surface area contributed by atoms with Crippen molar-refractivity contribution in [3.63, 3.8) is 0 Å². The van der Waals surface area contributed by atoms with Crippen molar-refractivity contribution in [1.82, 2.24) is 14.9 Å². The number of methoxy groups -OCH3 is 1. The number of halogens is 4. The number of rotatable bonds is 7. The fourth-order valence-corrected chi connectivity index (χ4v) is 3.07. The Hall–Kier alpha value is -2.49. The summed E-state index contributed by atoms with van der Waals surface area (Å²) in [5.41, 5.74) is 1.32. The van der Waals surface area contributed by atoms with E-state index in [1.807, 2.05) is 0 Å². The van der Waals surface area contributed by atoms with Crippen molar-refractivity contribution in [2.24, 2.45) is 5.10 Å². The number of benzene rings is 2. The molecule has 0 atom stereocenters. The van der Waals surface area contributed by atoms with Gasteiger partial charge in [-0.05, 0) is 54.2 Å². The molecule has 0 aliphatic carbocycles.